The number of hydrogen-bond acceptors (Lipinski definition) is 6. The van der Waals surface area contributed by atoms with Crippen LogP contribution in [0.3, 0.4) is 0 Å². The molecule has 8 nitrogen and oxygen atoms in total. The maximum atomic E-state index is 12.7. The van der Waals surface area contributed by atoms with Gasteiger partial charge in [0.15, 0.2) is 11.5 Å². The Morgan fingerprint density at radius 3 is 2.80 bits per heavy atom. The van der Waals surface area contributed by atoms with Crippen LogP contribution in [0.1, 0.15) is 30.6 Å². The van der Waals surface area contributed by atoms with Crippen LogP contribution in [-0.2, 0) is 28.7 Å². The summed E-state index contributed by atoms with van der Waals surface area (Å²) in [6, 6.07) is 0.640. The van der Waals surface area contributed by atoms with Gasteiger partial charge in [-0.2, -0.15) is 18.3 Å². The number of aromatic nitrogens is 4. The Hall–Kier alpha value is -2.69. The van der Waals surface area contributed by atoms with Gasteiger partial charge in [-0.1, -0.05) is 0 Å². The highest BCUT2D eigenvalue weighted by Gasteiger charge is 2.35. The smallest absolute Gasteiger partial charge is 0.376 e. The summed E-state index contributed by atoms with van der Waals surface area (Å²) in [5.74, 6) is 1.42. The average Bonchev–Trinajstić information content (AvgIpc) is 3.31. The molecule has 30 heavy (non-hydrogen) atoms. The van der Waals surface area contributed by atoms with Crippen LogP contribution in [0.15, 0.2) is 12.3 Å². The van der Waals surface area contributed by atoms with Gasteiger partial charge in [0.1, 0.15) is 17.6 Å². The standard InChI is InChI=1S/C19H23F3N6O2/c1-10-16-17(27(3)11(2)18(29)25-16)24-15(23-10)7-12-6-13(30-9-12)8-28-5-4-14(26-28)19(20,21)22/h4-5,11-13H,6-9H2,1-3H3,(H,25,29)/t11-,12+,13+/m0/s1. The zero-order valence-electron chi connectivity index (χ0n) is 16.9. The van der Waals surface area contributed by atoms with Gasteiger partial charge in [-0.3, -0.25) is 9.48 Å². The SMILES string of the molecule is Cc1nc(C[C@@H]2CO[C@@H](Cn3ccc(C(F)(F)F)n3)C2)nc2c1NC(=O)[C@H](C)N2C. The van der Waals surface area contributed by atoms with Crippen molar-refractivity contribution in [1.29, 1.82) is 0 Å². The summed E-state index contributed by atoms with van der Waals surface area (Å²) in [7, 11) is 1.83. The number of nitrogens with one attached hydrogen (secondary N) is 1. The fourth-order valence-corrected chi connectivity index (χ4v) is 3.83. The molecular weight excluding hydrogens is 401 g/mol. The number of likely N-dealkylation sites (N-methyl/N-ethyl adjacent to an activating group) is 1. The van der Waals surface area contributed by atoms with Crippen LogP contribution >= 0.6 is 0 Å². The number of halogens is 3. The van der Waals surface area contributed by atoms with Crippen LogP contribution in [0.4, 0.5) is 24.7 Å². The molecule has 2 aliphatic heterocycles. The van der Waals surface area contributed by atoms with Gasteiger partial charge < -0.3 is 15.0 Å². The van der Waals surface area contributed by atoms with Crippen molar-refractivity contribution < 1.29 is 22.7 Å². The first-order valence-corrected chi connectivity index (χ1v) is 9.75. The first-order valence-electron chi connectivity index (χ1n) is 9.75. The average molecular weight is 424 g/mol. The third kappa shape index (κ3) is 3.98. The maximum Gasteiger partial charge on any atom is 0.435 e. The lowest BCUT2D eigenvalue weighted by Gasteiger charge is -2.32. The van der Waals surface area contributed by atoms with Crippen LogP contribution in [-0.4, -0.2) is 51.5 Å². The molecule has 162 valence electrons. The molecular formula is C19H23F3N6O2. The number of ether oxygens (including phenoxy) is 1. The van der Waals surface area contributed by atoms with Crippen LogP contribution < -0.4 is 10.2 Å². The van der Waals surface area contributed by atoms with E-state index in [1.165, 1.54) is 10.9 Å². The van der Waals surface area contributed by atoms with Crippen molar-refractivity contribution in [3.8, 4) is 0 Å². The van der Waals surface area contributed by atoms with Crippen molar-refractivity contribution in [3.63, 3.8) is 0 Å². The molecule has 0 unspecified atom stereocenters. The number of hydrogen-bond donors (Lipinski definition) is 1. The summed E-state index contributed by atoms with van der Waals surface area (Å²) in [5.41, 5.74) is 0.429. The minimum atomic E-state index is -4.45. The Morgan fingerprint density at radius 2 is 2.10 bits per heavy atom. The minimum absolute atomic E-state index is 0.0937. The Kier molecular flexibility index (Phi) is 5.16. The molecule has 0 bridgehead atoms. The second-order valence-corrected chi connectivity index (χ2v) is 7.88. The van der Waals surface area contributed by atoms with Crippen molar-refractivity contribution in [2.24, 2.45) is 5.92 Å². The quantitative estimate of drug-likeness (QED) is 0.812. The number of carbonyl (C=O) groups excluding carboxylic acids is 1. The molecule has 1 fully saturated rings. The largest absolute Gasteiger partial charge is 0.435 e. The van der Waals surface area contributed by atoms with Crippen molar-refractivity contribution in [1.82, 2.24) is 19.7 Å². The van der Waals surface area contributed by atoms with Gasteiger partial charge in [0.05, 0.1) is 24.9 Å². The van der Waals surface area contributed by atoms with Crippen molar-refractivity contribution in [3.05, 3.63) is 29.5 Å². The summed E-state index contributed by atoms with van der Waals surface area (Å²) >= 11 is 0. The summed E-state index contributed by atoms with van der Waals surface area (Å²) in [6.07, 6.45) is -2.06. The number of aryl methyl sites for hydroxylation is 1. The first-order chi connectivity index (χ1) is 14.1. The minimum Gasteiger partial charge on any atom is -0.376 e. The Labute approximate surface area is 171 Å². The van der Waals surface area contributed by atoms with E-state index in [9.17, 15) is 18.0 Å². The lowest BCUT2D eigenvalue weighted by atomic mass is 10.0. The predicted molar refractivity (Wildman–Crippen MR) is 102 cm³/mol. The molecule has 1 saturated heterocycles. The summed E-state index contributed by atoms with van der Waals surface area (Å²) in [5, 5.41) is 6.44. The van der Waals surface area contributed by atoms with E-state index in [0.29, 0.717) is 42.5 Å². The highest BCUT2D eigenvalue weighted by atomic mass is 19.4. The summed E-state index contributed by atoms with van der Waals surface area (Å²) in [4.78, 5) is 23.0. The van der Waals surface area contributed by atoms with Crippen LogP contribution in [0.5, 0.6) is 0 Å². The number of anilines is 2. The molecule has 0 spiro atoms. The zero-order valence-corrected chi connectivity index (χ0v) is 16.9. The highest BCUT2D eigenvalue weighted by molar-refractivity contribution is 6.02. The number of nitrogens with zero attached hydrogens (tertiary/aromatic N) is 5. The van der Waals surface area contributed by atoms with Gasteiger partial charge in [0.2, 0.25) is 5.91 Å². The highest BCUT2D eigenvalue weighted by Crippen LogP contribution is 2.32. The molecule has 11 heteroatoms. The normalized spacial score (nSPS) is 24.1. The molecule has 0 aromatic carbocycles. The van der Waals surface area contributed by atoms with Gasteiger partial charge in [-0.05, 0) is 32.3 Å². The molecule has 2 aromatic heterocycles. The van der Waals surface area contributed by atoms with E-state index >= 15 is 0 Å². The molecule has 1 N–H and O–H groups in total. The molecule has 0 saturated carbocycles. The van der Waals surface area contributed by atoms with E-state index in [4.69, 9.17) is 4.74 Å². The number of alkyl halides is 3. The van der Waals surface area contributed by atoms with Gasteiger partial charge in [-0.15, -0.1) is 0 Å². The van der Waals surface area contributed by atoms with E-state index in [1.54, 1.807) is 0 Å². The monoisotopic (exact) mass is 424 g/mol. The Bertz CT molecular complexity index is 960. The summed E-state index contributed by atoms with van der Waals surface area (Å²) in [6.45, 7) is 4.39. The van der Waals surface area contributed by atoms with Crippen molar-refractivity contribution in [2.45, 2.75) is 51.6 Å². The van der Waals surface area contributed by atoms with E-state index in [2.05, 4.69) is 20.4 Å². The lowest BCUT2D eigenvalue weighted by Crippen LogP contribution is -2.45. The molecule has 0 aliphatic carbocycles. The number of amides is 1. The fraction of sp³-hybridized carbons (Fsp3) is 0.579. The first kappa shape index (κ1) is 20.6. The number of rotatable bonds is 4. The van der Waals surface area contributed by atoms with E-state index < -0.39 is 11.9 Å². The second kappa shape index (κ2) is 7.53. The van der Waals surface area contributed by atoms with Crippen LogP contribution in [0, 0.1) is 12.8 Å². The zero-order chi connectivity index (χ0) is 21.6. The molecule has 3 atom stereocenters. The molecule has 2 aliphatic rings. The lowest BCUT2D eigenvalue weighted by molar-refractivity contribution is -0.141. The van der Waals surface area contributed by atoms with Crippen molar-refractivity contribution in [2.75, 3.05) is 23.9 Å². The van der Waals surface area contributed by atoms with Gasteiger partial charge in [-0.25, -0.2) is 9.97 Å². The van der Waals surface area contributed by atoms with E-state index in [-0.39, 0.29) is 30.5 Å². The Morgan fingerprint density at radius 1 is 1.33 bits per heavy atom. The fourth-order valence-electron chi connectivity index (χ4n) is 3.83. The maximum absolute atomic E-state index is 12.7. The molecule has 0 radical (unpaired) electrons. The molecule has 4 rings (SSSR count). The van der Waals surface area contributed by atoms with E-state index in [0.717, 1.165) is 6.07 Å². The third-order valence-corrected chi connectivity index (χ3v) is 5.62. The van der Waals surface area contributed by atoms with Gasteiger partial charge in [0, 0.05) is 19.7 Å². The van der Waals surface area contributed by atoms with E-state index in [1.807, 2.05) is 25.8 Å². The topological polar surface area (TPSA) is 85.2 Å². The molecule has 1 amide bonds. The van der Waals surface area contributed by atoms with Gasteiger partial charge in [0.25, 0.3) is 0 Å². The van der Waals surface area contributed by atoms with Gasteiger partial charge >= 0.3 is 6.18 Å². The van der Waals surface area contributed by atoms with Crippen molar-refractivity contribution >= 4 is 17.4 Å². The third-order valence-electron chi connectivity index (χ3n) is 5.62. The molecule has 2 aromatic rings. The Balaban J connectivity index is 1.41. The van der Waals surface area contributed by atoms with Crippen LogP contribution in [0.2, 0.25) is 0 Å². The number of carbonyl (C=O) groups is 1. The number of fused-ring (bicyclic) bond motifs is 1. The molecule has 4 heterocycles. The predicted octanol–water partition coefficient (Wildman–Crippen LogP) is 2.42. The van der Waals surface area contributed by atoms with Crippen LogP contribution in [0.25, 0.3) is 0 Å². The second-order valence-electron chi connectivity index (χ2n) is 7.88. The summed E-state index contributed by atoms with van der Waals surface area (Å²) < 4.78 is 45.1.